The number of benzene rings is 1. The summed E-state index contributed by atoms with van der Waals surface area (Å²) < 4.78 is 25.6. The molecule has 3 heterocycles. The van der Waals surface area contributed by atoms with Crippen LogP contribution in [-0.4, -0.2) is 46.2 Å². The van der Waals surface area contributed by atoms with Crippen LogP contribution in [0.3, 0.4) is 0 Å². The molecule has 32 heavy (non-hydrogen) atoms. The van der Waals surface area contributed by atoms with Gasteiger partial charge in [-0.05, 0) is 18.4 Å². The number of esters is 1. The van der Waals surface area contributed by atoms with E-state index in [1.807, 2.05) is 30.3 Å². The van der Waals surface area contributed by atoms with Crippen LogP contribution in [0.5, 0.6) is 0 Å². The molecule has 1 saturated carbocycles. The molecule has 1 aromatic carbocycles. The first kappa shape index (κ1) is 21.1. The monoisotopic (exact) mass is 442 g/mol. The minimum absolute atomic E-state index is 0.0130. The molecule has 1 spiro atoms. The van der Waals surface area contributed by atoms with E-state index in [0.29, 0.717) is 0 Å². The maximum Gasteiger partial charge on any atom is 0.330 e. The number of nitrogens with one attached hydrogen (secondary N) is 1. The Balaban J connectivity index is 1.33. The van der Waals surface area contributed by atoms with E-state index in [0.717, 1.165) is 37.7 Å². The Morgan fingerprint density at radius 1 is 1.06 bits per heavy atom. The molecule has 3 aliphatic rings. The van der Waals surface area contributed by atoms with Gasteiger partial charge >= 0.3 is 11.7 Å². The molecule has 2 aromatic rings. The van der Waals surface area contributed by atoms with Crippen LogP contribution in [0.4, 0.5) is 0 Å². The molecular weight excluding hydrogens is 416 g/mol. The number of carbonyl (C=O) groups is 1. The number of fused-ring (bicyclic) bond motifs is 1. The summed E-state index contributed by atoms with van der Waals surface area (Å²) in [6.45, 7) is -0.0130. The molecule has 2 saturated heterocycles. The van der Waals surface area contributed by atoms with Crippen molar-refractivity contribution >= 4 is 5.97 Å². The lowest BCUT2D eigenvalue weighted by molar-refractivity contribution is -0.234. The smallest absolute Gasteiger partial charge is 0.330 e. The number of rotatable bonds is 5. The Morgan fingerprint density at radius 3 is 2.56 bits per heavy atom. The standard InChI is InChI=1S/C23H26N2O7/c26-17-9-12-25(22(28)24-17)21-20-19(31-23(32-20)10-5-2-6-11-23)16(30-21)14-29-18(27)13-15-7-3-1-4-8-15/h1,3-4,7-9,12,16,19-21H,2,5-6,10-11,13-14H2,(H,24,26,28). The van der Waals surface area contributed by atoms with E-state index < -0.39 is 41.6 Å². The topological polar surface area (TPSA) is 109 Å². The third-order valence-corrected chi connectivity index (χ3v) is 6.33. The molecule has 9 heteroatoms. The second-order valence-electron chi connectivity index (χ2n) is 8.56. The summed E-state index contributed by atoms with van der Waals surface area (Å²) >= 11 is 0. The summed E-state index contributed by atoms with van der Waals surface area (Å²) in [6, 6.07) is 10.6. The van der Waals surface area contributed by atoms with Gasteiger partial charge < -0.3 is 18.9 Å². The quantitative estimate of drug-likeness (QED) is 0.702. The van der Waals surface area contributed by atoms with Crippen LogP contribution in [0.2, 0.25) is 0 Å². The summed E-state index contributed by atoms with van der Waals surface area (Å²) in [5.41, 5.74) is -0.210. The fourth-order valence-electron chi connectivity index (χ4n) is 4.80. The van der Waals surface area contributed by atoms with Crippen molar-refractivity contribution in [1.82, 2.24) is 9.55 Å². The van der Waals surface area contributed by atoms with Gasteiger partial charge in [-0.3, -0.25) is 19.1 Å². The van der Waals surface area contributed by atoms with Gasteiger partial charge in [0.25, 0.3) is 5.56 Å². The minimum Gasteiger partial charge on any atom is -0.463 e. The van der Waals surface area contributed by atoms with E-state index in [2.05, 4.69) is 4.98 Å². The van der Waals surface area contributed by atoms with Gasteiger partial charge in [-0.2, -0.15) is 0 Å². The molecule has 5 rings (SSSR count). The molecule has 3 fully saturated rings. The number of H-pyrrole nitrogens is 1. The molecule has 4 unspecified atom stereocenters. The predicted molar refractivity (Wildman–Crippen MR) is 112 cm³/mol. The Morgan fingerprint density at radius 2 is 1.81 bits per heavy atom. The van der Waals surface area contributed by atoms with Crippen LogP contribution in [0.15, 0.2) is 52.2 Å². The molecule has 9 nitrogen and oxygen atoms in total. The average Bonchev–Trinajstić information content (AvgIpc) is 3.29. The lowest BCUT2D eigenvalue weighted by atomic mass is 9.94. The highest BCUT2D eigenvalue weighted by Crippen LogP contribution is 2.48. The van der Waals surface area contributed by atoms with E-state index >= 15 is 0 Å². The fraction of sp³-hybridized carbons (Fsp3) is 0.522. The molecule has 1 N–H and O–H groups in total. The molecule has 0 bridgehead atoms. The zero-order chi connectivity index (χ0) is 22.1. The molecule has 4 atom stereocenters. The SMILES string of the molecule is O=C(Cc1ccccc1)OCC1OC(n2ccc(=O)[nH]c2=O)C2OC3(CCCCC3)OC12. The lowest BCUT2D eigenvalue weighted by Crippen LogP contribution is -2.39. The van der Waals surface area contributed by atoms with Crippen molar-refractivity contribution < 1.29 is 23.7 Å². The Hall–Kier alpha value is -2.75. The van der Waals surface area contributed by atoms with Gasteiger partial charge in [-0.15, -0.1) is 0 Å². The van der Waals surface area contributed by atoms with Gasteiger partial charge in [0.2, 0.25) is 0 Å². The average molecular weight is 442 g/mol. The summed E-state index contributed by atoms with van der Waals surface area (Å²) in [5.74, 6) is -1.07. The number of hydrogen-bond donors (Lipinski definition) is 1. The molecule has 0 amide bonds. The maximum atomic E-state index is 12.4. The normalized spacial score (nSPS) is 28.5. The number of aromatic amines is 1. The third-order valence-electron chi connectivity index (χ3n) is 6.33. The fourth-order valence-corrected chi connectivity index (χ4v) is 4.80. The molecular formula is C23H26N2O7. The predicted octanol–water partition coefficient (Wildman–Crippen LogP) is 1.66. The molecule has 170 valence electrons. The summed E-state index contributed by atoms with van der Waals surface area (Å²) in [5, 5.41) is 0. The first-order valence-electron chi connectivity index (χ1n) is 11.1. The number of aromatic nitrogens is 2. The van der Waals surface area contributed by atoms with Gasteiger partial charge in [0.05, 0.1) is 6.42 Å². The highest BCUT2D eigenvalue weighted by molar-refractivity contribution is 5.72. The summed E-state index contributed by atoms with van der Waals surface area (Å²) in [7, 11) is 0. The Kier molecular flexibility index (Phi) is 5.71. The summed E-state index contributed by atoms with van der Waals surface area (Å²) in [4.78, 5) is 38.5. The Labute approximate surface area is 184 Å². The van der Waals surface area contributed by atoms with E-state index in [-0.39, 0.29) is 19.0 Å². The number of ether oxygens (including phenoxy) is 4. The van der Waals surface area contributed by atoms with Crippen molar-refractivity contribution in [2.75, 3.05) is 6.61 Å². The molecule has 0 radical (unpaired) electrons. The minimum atomic E-state index is -0.788. The largest absolute Gasteiger partial charge is 0.463 e. The van der Waals surface area contributed by atoms with Crippen LogP contribution in [0, 0.1) is 0 Å². The van der Waals surface area contributed by atoms with Gasteiger partial charge in [0, 0.05) is 25.1 Å². The second-order valence-corrected chi connectivity index (χ2v) is 8.56. The first-order valence-corrected chi connectivity index (χ1v) is 11.1. The highest BCUT2D eigenvalue weighted by Gasteiger charge is 2.59. The van der Waals surface area contributed by atoms with E-state index in [4.69, 9.17) is 18.9 Å². The van der Waals surface area contributed by atoms with Crippen molar-refractivity contribution in [2.45, 2.75) is 68.9 Å². The maximum absolute atomic E-state index is 12.4. The lowest BCUT2D eigenvalue weighted by Gasteiger charge is -2.34. The van der Waals surface area contributed by atoms with Crippen LogP contribution in [0.25, 0.3) is 0 Å². The number of hydrogen-bond acceptors (Lipinski definition) is 7. The molecule has 1 aromatic heterocycles. The number of nitrogens with zero attached hydrogens (tertiary/aromatic N) is 1. The third kappa shape index (κ3) is 4.15. The van der Waals surface area contributed by atoms with Gasteiger partial charge in [-0.1, -0.05) is 36.8 Å². The summed E-state index contributed by atoms with van der Waals surface area (Å²) in [6.07, 6.45) is 3.81. The van der Waals surface area contributed by atoms with Crippen molar-refractivity contribution in [3.8, 4) is 0 Å². The van der Waals surface area contributed by atoms with Gasteiger partial charge in [-0.25, -0.2) is 4.79 Å². The van der Waals surface area contributed by atoms with Crippen LogP contribution in [-0.2, 0) is 30.2 Å². The first-order chi connectivity index (χ1) is 15.5. The van der Waals surface area contributed by atoms with Crippen molar-refractivity contribution in [1.29, 1.82) is 0 Å². The van der Waals surface area contributed by atoms with Crippen molar-refractivity contribution in [3.05, 3.63) is 69.0 Å². The molecule has 1 aliphatic carbocycles. The van der Waals surface area contributed by atoms with E-state index in [1.165, 1.54) is 16.8 Å². The number of carbonyl (C=O) groups excluding carboxylic acids is 1. The van der Waals surface area contributed by atoms with E-state index in [9.17, 15) is 14.4 Å². The van der Waals surface area contributed by atoms with Crippen LogP contribution >= 0.6 is 0 Å². The zero-order valence-corrected chi connectivity index (χ0v) is 17.6. The highest BCUT2D eigenvalue weighted by atomic mass is 16.8. The van der Waals surface area contributed by atoms with Crippen molar-refractivity contribution in [2.24, 2.45) is 0 Å². The zero-order valence-electron chi connectivity index (χ0n) is 17.6. The van der Waals surface area contributed by atoms with Gasteiger partial charge in [0.15, 0.2) is 12.0 Å². The molecule has 2 aliphatic heterocycles. The van der Waals surface area contributed by atoms with Gasteiger partial charge in [0.1, 0.15) is 24.9 Å². The second kappa shape index (κ2) is 8.65. The van der Waals surface area contributed by atoms with Crippen LogP contribution < -0.4 is 11.2 Å². The van der Waals surface area contributed by atoms with Crippen molar-refractivity contribution in [3.63, 3.8) is 0 Å². The Bertz CT molecular complexity index is 1070. The van der Waals surface area contributed by atoms with E-state index in [1.54, 1.807) is 0 Å². The van der Waals surface area contributed by atoms with Crippen LogP contribution in [0.1, 0.15) is 43.9 Å².